The first-order valence-corrected chi connectivity index (χ1v) is 13.5. The molecule has 0 aliphatic heterocycles. The zero-order chi connectivity index (χ0) is 27.2. The first-order chi connectivity index (χ1) is 17.5. The number of para-hydroxylation sites is 1. The van der Waals surface area contributed by atoms with E-state index < -0.39 is 40.2 Å². The van der Waals surface area contributed by atoms with Gasteiger partial charge in [-0.2, -0.15) is 0 Å². The molecule has 0 saturated heterocycles. The van der Waals surface area contributed by atoms with E-state index in [0.717, 1.165) is 10.4 Å². The van der Waals surface area contributed by atoms with Crippen LogP contribution in [0.15, 0.2) is 83.8 Å². The molecule has 0 unspecified atom stereocenters. The first-order valence-electron chi connectivity index (χ1n) is 11.7. The molecule has 3 rings (SSSR count). The van der Waals surface area contributed by atoms with E-state index >= 15 is 0 Å². The number of carbonyl (C=O) groups excluding carboxylic acids is 2. The number of hydrogen-bond acceptors (Lipinski definition) is 4. The Labute approximate surface area is 221 Å². The molecule has 10 heteroatoms. The second-order valence-corrected chi connectivity index (χ2v) is 11.1. The van der Waals surface area contributed by atoms with Gasteiger partial charge in [-0.3, -0.25) is 13.9 Å². The molecule has 0 heterocycles. The molecule has 0 aliphatic carbocycles. The summed E-state index contributed by atoms with van der Waals surface area (Å²) in [5.41, 5.74) is 0.413. The number of halogens is 2. The lowest BCUT2D eigenvalue weighted by Gasteiger charge is -2.32. The van der Waals surface area contributed by atoms with E-state index in [2.05, 4.69) is 5.32 Å². The Morgan fingerprint density at radius 2 is 1.51 bits per heavy atom. The Kier molecular flexibility index (Phi) is 9.29. The van der Waals surface area contributed by atoms with Gasteiger partial charge < -0.3 is 10.2 Å². The Hall–Kier alpha value is -3.43. The number of carbonyl (C=O) groups is 2. The lowest BCUT2D eigenvalue weighted by molar-refractivity contribution is -0.139. The van der Waals surface area contributed by atoms with Crippen LogP contribution < -0.4 is 9.62 Å². The van der Waals surface area contributed by atoms with Crippen molar-refractivity contribution in [1.82, 2.24) is 10.2 Å². The molecule has 0 bridgehead atoms. The van der Waals surface area contributed by atoms with Crippen LogP contribution in [0, 0.1) is 5.82 Å². The molecule has 0 aliphatic rings. The minimum absolute atomic E-state index is 0.0131. The molecule has 3 aromatic carbocycles. The van der Waals surface area contributed by atoms with Crippen LogP contribution in [0.5, 0.6) is 0 Å². The molecule has 0 radical (unpaired) electrons. The largest absolute Gasteiger partial charge is 0.352 e. The molecule has 2 amide bonds. The van der Waals surface area contributed by atoms with E-state index in [-0.39, 0.29) is 23.2 Å². The van der Waals surface area contributed by atoms with Crippen LogP contribution >= 0.6 is 11.6 Å². The van der Waals surface area contributed by atoms with Gasteiger partial charge in [0.1, 0.15) is 18.4 Å². The highest BCUT2D eigenvalue weighted by atomic mass is 35.5. The van der Waals surface area contributed by atoms with Gasteiger partial charge in [0.2, 0.25) is 11.8 Å². The first kappa shape index (κ1) is 28.1. The van der Waals surface area contributed by atoms with Crippen molar-refractivity contribution >= 4 is 39.1 Å². The van der Waals surface area contributed by atoms with Gasteiger partial charge in [0.25, 0.3) is 10.0 Å². The molecule has 0 spiro atoms. The van der Waals surface area contributed by atoms with Crippen molar-refractivity contribution in [3.05, 3.63) is 95.3 Å². The molecule has 0 fully saturated rings. The topological polar surface area (TPSA) is 86.8 Å². The normalized spacial score (nSPS) is 12.2. The SMILES string of the molecule is CC(C)NC(=O)[C@@H](C)N(Cc1ccc(Cl)cc1)C(=O)CN(c1ccccc1F)S(=O)(=O)c1ccccc1. The fourth-order valence-electron chi connectivity index (χ4n) is 3.66. The van der Waals surface area contributed by atoms with E-state index in [0.29, 0.717) is 10.6 Å². The van der Waals surface area contributed by atoms with Gasteiger partial charge in [-0.25, -0.2) is 12.8 Å². The van der Waals surface area contributed by atoms with Gasteiger partial charge in [0.05, 0.1) is 10.6 Å². The molecule has 196 valence electrons. The van der Waals surface area contributed by atoms with Crippen LogP contribution in [0.4, 0.5) is 10.1 Å². The number of rotatable bonds is 10. The number of amides is 2. The third-order valence-electron chi connectivity index (χ3n) is 5.60. The second kappa shape index (κ2) is 12.2. The van der Waals surface area contributed by atoms with Gasteiger partial charge >= 0.3 is 0 Å². The molecular weight excluding hydrogens is 517 g/mol. The smallest absolute Gasteiger partial charge is 0.264 e. The Balaban J connectivity index is 2.02. The van der Waals surface area contributed by atoms with E-state index in [9.17, 15) is 22.4 Å². The van der Waals surface area contributed by atoms with Gasteiger partial charge in [-0.1, -0.05) is 54.1 Å². The summed E-state index contributed by atoms with van der Waals surface area (Å²) in [7, 11) is -4.32. The van der Waals surface area contributed by atoms with Crippen LogP contribution in [-0.2, 0) is 26.2 Å². The molecule has 37 heavy (non-hydrogen) atoms. The van der Waals surface area contributed by atoms with Crippen LogP contribution in [0.1, 0.15) is 26.3 Å². The lowest BCUT2D eigenvalue weighted by atomic mass is 10.1. The monoisotopic (exact) mass is 545 g/mol. The van der Waals surface area contributed by atoms with E-state index in [1.807, 2.05) is 0 Å². The zero-order valence-electron chi connectivity index (χ0n) is 20.8. The number of benzene rings is 3. The quantitative estimate of drug-likeness (QED) is 0.403. The molecular formula is C27H29ClFN3O4S. The number of hydrogen-bond donors (Lipinski definition) is 1. The highest BCUT2D eigenvalue weighted by Crippen LogP contribution is 2.27. The average molecular weight is 546 g/mol. The van der Waals surface area contributed by atoms with Crippen molar-refractivity contribution in [2.24, 2.45) is 0 Å². The van der Waals surface area contributed by atoms with Crippen LogP contribution in [0.3, 0.4) is 0 Å². The van der Waals surface area contributed by atoms with Crippen molar-refractivity contribution in [3.63, 3.8) is 0 Å². The summed E-state index contributed by atoms with van der Waals surface area (Å²) in [6.45, 7) is 4.44. The highest BCUT2D eigenvalue weighted by molar-refractivity contribution is 7.92. The van der Waals surface area contributed by atoms with Crippen LogP contribution in [0.2, 0.25) is 5.02 Å². The third kappa shape index (κ3) is 7.08. The predicted molar refractivity (Wildman–Crippen MR) is 142 cm³/mol. The van der Waals surface area contributed by atoms with Gasteiger partial charge in [0, 0.05) is 17.6 Å². The molecule has 1 atom stereocenters. The Bertz CT molecular complexity index is 1340. The minimum atomic E-state index is -4.32. The fourth-order valence-corrected chi connectivity index (χ4v) is 5.23. The average Bonchev–Trinajstić information content (AvgIpc) is 2.87. The Morgan fingerprint density at radius 1 is 0.919 bits per heavy atom. The molecule has 0 saturated carbocycles. The van der Waals surface area contributed by atoms with Crippen molar-refractivity contribution < 1.29 is 22.4 Å². The number of nitrogens with one attached hydrogen (secondary N) is 1. The van der Waals surface area contributed by atoms with E-state index in [1.165, 1.54) is 35.2 Å². The third-order valence-corrected chi connectivity index (χ3v) is 7.62. The lowest BCUT2D eigenvalue weighted by Crippen LogP contribution is -2.52. The maximum absolute atomic E-state index is 14.8. The van der Waals surface area contributed by atoms with Crippen molar-refractivity contribution in [1.29, 1.82) is 0 Å². The maximum atomic E-state index is 14.8. The van der Waals surface area contributed by atoms with Crippen molar-refractivity contribution in [2.75, 3.05) is 10.8 Å². The summed E-state index contributed by atoms with van der Waals surface area (Å²) in [5.74, 6) is -1.88. The van der Waals surface area contributed by atoms with E-state index in [1.54, 1.807) is 63.2 Å². The Morgan fingerprint density at radius 3 is 2.11 bits per heavy atom. The number of anilines is 1. The summed E-state index contributed by atoms with van der Waals surface area (Å²) >= 11 is 5.99. The van der Waals surface area contributed by atoms with Crippen LogP contribution in [-0.4, -0.2) is 43.8 Å². The van der Waals surface area contributed by atoms with Crippen molar-refractivity contribution in [3.8, 4) is 0 Å². The predicted octanol–water partition coefficient (Wildman–Crippen LogP) is 4.62. The summed E-state index contributed by atoms with van der Waals surface area (Å²) in [6, 6.07) is 18.4. The van der Waals surface area contributed by atoms with Gasteiger partial charge in [-0.05, 0) is 62.7 Å². The molecule has 7 nitrogen and oxygen atoms in total. The summed E-state index contributed by atoms with van der Waals surface area (Å²) in [6.07, 6.45) is 0. The van der Waals surface area contributed by atoms with Crippen molar-refractivity contribution in [2.45, 2.75) is 44.3 Å². The molecule has 1 N–H and O–H groups in total. The van der Waals surface area contributed by atoms with E-state index in [4.69, 9.17) is 11.6 Å². The minimum Gasteiger partial charge on any atom is -0.352 e. The molecule has 3 aromatic rings. The second-order valence-electron chi connectivity index (χ2n) is 8.76. The standard InChI is InChI=1S/C27H29ClFN3O4S/c1-19(2)30-27(34)20(3)31(17-21-13-15-22(28)16-14-21)26(33)18-32(25-12-8-7-11-24(25)29)37(35,36)23-9-5-4-6-10-23/h4-16,19-20H,17-18H2,1-3H3,(H,30,34)/t20-/m1/s1. The summed E-state index contributed by atoms with van der Waals surface area (Å²) < 4.78 is 42.7. The number of sulfonamides is 1. The van der Waals surface area contributed by atoms with Crippen LogP contribution in [0.25, 0.3) is 0 Å². The summed E-state index contributed by atoms with van der Waals surface area (Å²) in [4.78, 5) is 27.7. The van der Waals surface area contributed by atoms with Gasteiger partial charge in [-0.15, -0.1) is 0 Å². The fraction of sp³-hybridized carbons (Fsp3) is 0.259. The highest BCUT2D eigenvalue weighted by Gasteiger charge is 2.33. The maximum Gasteiger partial charge on any atom is 0.264 e. The number of nitrogens with zero attached hydrogens (tertiary/aromatic N) is 2. The zero-order valence-corrected chi connectivity index (χ0v) is 22.3. The van der Waals surface area contributed by atoms with Gasteiger partial charge in [0.15, 0.2) is 0 Å². The summed E-state index contributed by atoms with van der Waals surface area (Å²) in [5, 5.41) is 3.28. The molecule has 0 aromatic heterocycles.